The summed E-state index contributed by atoms with van der Waals surface area (Å²) in [5.74, 6) is -0.784. The Morgan fingerprint density at radius 2 is 2.06 bits per heavy atom. The first-order chi connectivity index (χ1) is 8.65. The third-order valence-corrected chi connectivity index (χ3v) is 3.20. The van der Waals surface area contributed by atoms with Crippen LogP contribution >= 0.6 is 0 Å². The number of halogens is 1. The van der Waals surface area contributed by atoms with E-state index in [1.54, 1.807) is 12.1 Å². The van der Waals surface area contributed by atoms with Crippen LogP contribution in [-0.4, -0.2) is 11.1 Å². The Kier molecular flexibility index (Phi) is 6.73. The van der Waals surface area contributed by atoms with Gasteiger partial charge in [0.1, 0.15) is 0 Å². The molecule has 0 amide bonds. The van der Waals surface area contributed by atoms with E-state index in [0.717, 1.165) is 6.42 Å². The molecule has 0 aromatic heterocycles. The highest BCUT2D eigenvalue weighted by atomic mass is 19.1. The van der Waals surface area contributed by atoms with Crippen LogP contribution in [0.15, 0.2) is 18.2 Å². The third-order valence-electron chi connectivity index (χ3n) is 3.20. The van der Waals surface area contributed by atoms with Crippen molar-refractivity contribution in [3.8, 4) is 5.75 Å². The molecule has 0 heterocycles. The molecule has 0 aliphatic heterocycles. The zero-order valence-electron chi connectivity index (χ0n) is 11.4. The lowest BCUT2D eigenvalue weighted by Crippen LogP contribution is -2.25. The van der Waals surface area contributed by atoms with Gasteiger partial charge in [0.25, 0.3) is 0 Å². The summed E-state index contributed by atoms with van der Waals surface area (Å²) < 4.78 is 13.1. The van der Waals surface area contributed by atoms with Gasteiger partial charge in [-0.25, -0.2) is 4.39 Å². The smallest absolute Gasteiger partial charge is 0.165 e. The maximum Gasteiger partial charge on any atom is 0.165 e. The second-order valence-electron chi connectivity index (χ2n) is 4.88. The minimum atomic E-state index is -0.551. The molecule has 0 spiro atoms. The molecule has 1 rings (SSSR count). The molecule has 0 bridgehead atoms. The van der Waals surface area contributed by atoms with Crippen molar-refractivity contribution in [3.63, 3.8) is 0 Å². The first-order valence-corrected chi connectivity index (χ1v) is 6.85. The molecule has 1 unspecified atom stereocenters. The molecule has 0 saturated carbocycles. The number of phenols is 1. The molecule has 2 N–H and O–H groups in total. The summed E-state index contributed by atoms with van der Waals surface area (Å²) in [4.78, 5) is 0. The van der Waals surface area contributed by atoms with Crippen molar-refractivity contribution in [2.75, 3.05) is 0 Å². The monoisotopic (exact) mass is 253 g/mol. The van der Waals surface area contributed by atoms with Gasteiger partial charge >= 0.3 is 0 Å². The summed E-state index contributed by atoms with van der Waals surface area (Å²) in [6.45, 7) is 4.84. The van der Waals surface area contributed by atoms with Gasteiger partial charge < -0.3 is 10.4 Å². The molecule has 18 heavy (non-hydrogen) atoms. The number of hydrogen-bond donors (Lipinski definition) is 2. The number of aromatic hydroxyl groups is 1. The van der Waals surface area contributed by atoms with E-state index in [1.807, 2.05) is 0 Å². The summed E-state index contributed by atoms with van der Waals surface area (Å²) in [5.41, 5.74) is 0.621. The molecule has 102 valence electrons. The lowest BCUT2D eigenvalue weighted by Gasteiger charge is -2.14. The summed E-state index contributed by atoms with van der Waals surface area (Å²) >= 11 is 0. The standard InChI is InChI=1S/C15H24FNO/c1-3-4-5-6-8-12(2)17-11-13-9-7-10-14(16)15(13)18/h7,9-10,12,17-18H,3-6,8,11H2,1-2H3. The van der Waals surface area contributed by atoms with Crippen LogP contribution < -0.4 is 5.32 Å². The van der Waals surface area contributed by atoms with Crippen molar-refractivity contribution in [1.29, 1.82) is 0 Å². The number of unbranched alkanes of at least 4 members (excludes halogenated alkanes) is 3. The van der Waals surface area contributed by atoms with Crippen LogP contribution in [0.2, 0.25) is 0 Å². The number of phenolic OH excluding ortho intramolecular Hbond substituents is 1. The van der Waals surface area contributed by atoms with E-state index < -0.39 is 5.82 Å². The molecule has 1 aromatic rings. The molecule has 0 aliphatic rings. The molecule has 1 atom stereocenters. The molecule has 3 heteroatoms. The van der Waals surface area contributed by atoms with E-state index in [9.17, 15) is 9.50 Å². The van der Waals surface area contributed by atoms with Gasteiger partial charge in [0.2, 0.25) is 0 Å². The fourth-order valence-corrected chi connectivity index (χ4v) is 1.97. The Balaban J connectivity index is 2.29. The minimum Gasteiger partial charge on any atom is -0.505 e. The maximum atomic E-state index is 13.1. The molecule has 0 fully saturated rings. The van der Waals surface area contributed by atoms with Gasteiger partial charge in [0.05, 0.1) is 0 Å². The molecule has 0 radical (unpaired) electrons. The van der Waals surface area contributed by atoms with E-state index in [4.69, 9.17) is 0 Å². The van der Waals surface area contributed by atoms with Gasteiger partial charge in [-0.15, -0.1) is 0 Å². The Morgan fingerprint density at radius 1 is 1.28 bits per heavy atom. The Bertz CT molecular complexity index is 354. The quantitative estimate of drug-likeness (QED) is 0.687. The third kappa shape index (κ3) is 5.05. The topological polar surface area (TPSA) is 32.3 Å². The average molecular weight is 253 g/mol. The molecular weight excluding hydrogens is 229 g/mol. The van der Waals surface area contributed by atoms with Crippen molar-refractivity contribution >= 4 is 0 Å². The summed E-state index contributed by atoms with van der Waals surface area (Å²) in [6, 6.07) is 5.03. The van der Waals surface area contributed by atoms with Gasteiger partial charge in [-0.2, -0.15) is 0 Å². The first-order valence-electron chi connectivity index (χ1n) is 6.85. The van der Waals surface area contributed by atoms with Crippen LogP contribution in [0.3, 0.4) is 0 Å². The number of para-hydroxylation sites is 1. The number of rotatable bonds is 8. The molecule has 2 nitrogen and oxygen atoms in total. The van der Waals surface area contributed by atoms with Crippen molar-refractivity contribution in [2.45, 2.75) is 58.5 Å². The molecular formula is C15H24FNO. The predicted octanol–water partition coefficient (Wildman–Crippen LogP) is 3.98. The number of nitrogens with one attached hydrogen (secondary N) is 1. The van der Waals surface area contributed by atoms with E-state index in [2.05, 4.69) is 19.2 Å². The van der Waals surface area contributed by atoms with Crippen LogP contribution in [0.25, 0.3) is 0 Å². The normalized spacial score (nSPS) is 12.6. The SMILES string of the molecule is CCCCCCC(C)NCc1cccc(F)c1O. The van der Waals surface area contributed by atoms with Crippen LogP contribution in [0.4, 0.5) is 4.39 Å². The highest BCUT2D eigenvalue weighted by Gasteiger charge is 2.07. The number of hydrogen-bond acceptors (Lipinski definition) is 2. The lowest BCUT2D eigenvalue weighted by atomic mass is 10.1. The Hall–Kier alpha value is -1.09. The van der Waals surface area contributed by atoms with Gasteiger partial charge in [-0.1, -0.05) is 44.7 Å². The second kappa shape index (κ2) is 8.09. The van der Waals surface area contributed by atoms with Crippen molar-refractivity contribution in [2.24, 2.45) is 0 Å². The van der Waals surface area contributed by atoms with Crippen LogP contribution in [0.5, 0.6) is 5.75 Å². The zero-order chi connectivity index (χ0) is 13.4. The highest BCUT2D eigenvalue weighted by molar-refractivity contribution is 5.33. The Labute approximate surface area is 109 Å². The van der Waals surface area contributed by atoms with Crippen LogP contribution in [0.1, 0.15) is 51.5 Å². The molecule has 0 saturated heterocycles. The fourth-order valence-electron chi connectivity index (χ4n) is 1.97. The first kappa shape index (κ1) is 15.0. The fraction of sp³-hybridized carbons (Fsp3) is 0.600. The summed E-state index contributed by atoms with van der Waals surface area (Å²) in [6.07, 6.45) is 6.15. The summed E-state index contributed by atoms with van der Waals surface area (Å²) in [5, 5.41) is 12.9. The van der Waals surface area contributed by atoms with Gasteiger partial charge in [-0.3, -0.25) is 0 Å². The highest BCUT2D eigenvalue weighted by Crippen LogP contribution is 2.20. The van der Waals surface area contributed by atoms with E-state index in [0.29, 0.717) is 18.2 Å². The zero-order valence-corrected chi connectivity index (χ0v) is 11.4. The van der Waals surface area contributed by atoms with Crippen molar-refractivity contribution in [3.05, 3.63) is 29.6 Å². The number of benzene rings is 1. The maximum absolute atomic E-state index is 13.1. The van der Waals surface area contributed by atoms with E-state index >= 15 is 0 Å². The van der Waals surface area contributed by atoms with Crippen molar-refractivity contribution in [1.82, 2.24) is 5.32 Å². The second-order valence-corrected chi connectivity index (χ2v) is 4.88. The van der Waals surface area contributed by atoms with Crippen LogP contribution in [-0.2, 0) is 6.54 Å². The van der Waals surface area contributed by atoms with Crippen molar-refractivity contribution < 1.29 is 9.50 Å². The average Bonchev–Trinajstić information content (AvgIpc) is 2.36. The summed E-state index contributed by atoms with van der Waals surface area (Å²) in [7, 11) is 0. The Morgan fingerprint density at radius 3 is 2.78 bits per heavy atom. The van der Waals surface area contributed by atoms with Gasteiger partial charge in [0, 0.05) is 18.2 Å². The largest absolute Gasteiger partial charge is 0.505 e. The predicted molar refractivity (Wildman–Crippen MR) is 73.1 cm³/mol. The lowest BCUT2D eigenvalue weighted by molar-refractivity contribution is 0.417. The molecule has 1 aromatic carbocycles. The van der Waals surface area contributed by atoms with E-state index in [1.165, 1.54) is 31.7 Å². The van der Waals surface area contributed by atoms with Crippen LogP contribution in [0, 0.1) is 5.82 Å². The van der Waals surface area contributed by atoms with Gasteiger partial charge in [0.15, 0.2) is 11.6 Å². The van der Waals surface area contributed by atoms with Gasteiger partial charge in [-0.05, 0) is 19.4 Å². The minimum absolute atomic E-state index is 0.233. The van der Waals surface area contributed by atoms with E-state index in [-0.39, 0.29) is 5.75 Å². The molecule has 0 aliphatic carbocycles.